The van der Waals surface area contributed by atoms with E-state index in [1.54, 1.807) is 6.92 Å². The summed E-state index contributed by atoms with van der Waals surface area (Å²) >= 11 is 10.6. The second-order valence-electron chi connectivity index (χ2n) is 2.43. The van der Waals surface area contributed by atoms with Crippen LogP contribution in [0.5, 0.6) is 0 Å². The van der Waals surface area contributed by atoms with E-state index in [1.165, 1.54) is 0 Å². The molecule has 72 valence electrons. The van der Waals surface area contributed by atoms with Crippen molar-refractivity contribution in [3.05, 3.63) is 0 Å². The van der Waals surface area contributed by atoms with Crippen molar-refractivity contribution in [3.63, 3.8) is 0 Å². The summed E-state index contributed by atoms with van der Waals surface area (Å²) < 4.78 is 11.3. The van der Waals surface area contributed by atoms with Crippen LogP contribution in [-0.4, -0.2) is 21.4 Å². The molecule has 1 N–H and O–H groups in total. The van der Waals surface area contributed by atoms with Crippen molar-refractivity contribution in [1.29, 1.82) is 0 Å². The lowest BCUT2D eigenvalue weighted by atomic mass is 10.5. The number of carbonyl (C=O) groups excluding carboxylic acids is 1. The van der Waals surface area contributed by atoms with Gasteiger partial charge in [0, 0.05) is 12.6 Å². The first kappa shape index (κ1) is 12.4. The normalized spacial score (nSPS) is 18.3. The maximum absolute atomic E-state index is 11.3. The van der Waals surface area contributed by atoms with E-state index >= 15 is 0 Å². The number of rotatable bonds is 5. The lowest BCUT2D eigenvalue weighted by Crippen LogP contribution is -2.04. The van der Waals surface area contributed by atoms with Crippen LogP contribution < -0.4 is 0 Å². The Balaban J connectivity index is 4.04. The molecule has 0 heterocycles. The van der Waals surface area contributed by atoms with Gasteiger partial charge in [-0.1, -0.05) is 6.92 Å². The van der Waals surface area contributed by atoms with Gasteiger partial charge in [0.25, 0.3) is 0 Å². The molecule has 0 aliphatic heterocycles. The molecular formula is C6H11Cl2O3P. The quantitative estimate of drug-likeness (QED) is 0.450. The number of hydrogen-bond donors (Lipinski definition) is 1. The minimum Gasteiger partial charge on any atom is -0.343 e. The molecule has 0 aromatic carbocycles. The minimum absolute atomic E-state index is 0.0987. The Morgan fingerprint density at radius 1 is 1.67 bits per heavy atom. The van der Waals surface area contributed by atoms with E-state index in [0.29, 0.717) is 6.42 Å². The zero-order valence-electron chi connectivity index (χ0n) is 6.67. The smallest absolute Gasteiger partial charge is 0.222 e. The fourth-order valence-electron chi connectivity index (χ4n) is 0.673. The number of hydrogen-bond acceptors (Lipinski definition) is 2. The molecule has 0 aromatic rings. The van der Waals surface area contributed by atoms with Gasteiger partial charge in [0.1, 0.15) is 5.12 Å². The number of alkyl halides is 1. The van der Waals surface area contributed by atoms with Gasteiger partial charge in [-0.3, -0.25) is 9.36 Å². The summed E-state index contributed by atoms with van der Waals surface area (Å²) in [6.45, 7) is 1.71. The second-order valence-corrected chi connectivity index (χ2v) is 6.26. The summed E-state index contributed by atoms with van der Waals surface area (Å²) in [5, 5.41) is -1.38. The molecule has 2 atom stereocenters. The van der Waals surface area contributed by atoms with Crippen LogP contribution in [0.3, 0.4) is 0 Å². The zero-order chi connectivity index (χ0) is 9.78. The topological polar surface area (TPSA) is 54.4 Å². The van der Waals surface area contributed by atoms with Crippen molar-refractivity contribution in [1.82, 2.24) is 0 Å². The van der Waals surface area contributed by atoms with Crippen LogP contribution in [0.15, 0.2) is 0 Å². The Hall–Kier alpha value is 0.440. The zero-order valence-corrected chi connectivity index (χ0v) is 9.07. The monoisotopic (exact) mass is 232 g/mol. The molecule has 2 unspecified atom stereocenters. The van der Waals surface area contributed by atoms with Crippen molar-refractivity contribution in [2.75, 3.05) is 6.16 Å². The Morgan fingerprint density at radius 3 is 2.50 bits per heavy atom. The average molecular weight is 233 g/mol. The molecule has 0 aliphatic rings. The molecule has 12 heavy (non-hydrogen) atoms. The van der Waals surface area contributed by atoms with Crippen LogP contribution in [0.4, 0.5) is 0 Å². The molecule has 0 saturated carbocycles. The van der Waals surface area contributed by atoms with Crippen LogP contribution in [0.2, 0.25) is 0 Å². The highest BCUT2D eigenvalue weighted by atomic mass is 35.5. The van der Waals surface area contributed by atoms with Crippen LogP contribution in [0.1, 0.15) is 19.8 Å². The Morgan fingerprint density at radius 2 is 2.17 bits per heavy atom. The highest BCUT2D eigenvalue weighted by Crippen LogP contribution is 2.50. The van der Waals surface area contributed by atoms with Gasteiger partial charge in [-0.25, -0.2) is 0 Å². The summed E-state index contributed by atoms with van der Waals surface area (Å²) in [5.74, 6) is 0. The van der Waals surface area contributed by atoms with Crippen LogP contribution in [0.25, 0.3) is 0 Å². The highest BCUT2D eigenvalue weighted by Gasteiger charge is 2.27. The first-order chi connectivity index (χ1) is 5.40. The maximum atomic E-state index is 11.3. The van der Waals surface area contributed by atoms with E-state index in [2.05, 4.69) is 0 Å². The largest absolute Gasteiger partial charge is 0.343 e. The third-order valence-electron chi connectivity index (χ3n) is 1.40. The predicted octanol–water partition coefficient (Wildman–Crippen LogP) is 2.39. The van der Waals surface area contributed by atoms with Crippen LogP contribution >= 0.6 is 30.6 Å². The molecule has 0 saturated heterocycles. The van der Waals surface area contributed by atoms with E-state index < -0.39 is 17.7 Å². The van der Waals surface area contributed by atoms with Gasteiger partial charge < -0.3 is 4.89 Å². The van der Waals surface area contributed by atoms with Gasteiger partial charge in [0.2, 0.25) is 12.6 Å². The molecule has 0 radical (unpaired) electrons. The Kier molecular flexibility index (Phi) is 5.42. The van der Waals surface area contributed by atoms with Crippen LogP contribution in [0, 0.1) is 0 Å². The lowest BCUT2D eigenvalue weighted by molar-refractivity contribution is -0.111. The van der Waals surface area contributed by atoms with Gasteiger partial charge in [-0.05, 0) is 18.0 Å². The lowest BCUT2D eigenvalue weighted by Gasteiger charge is -2.14. The fraction of sp³-hybridized carbons (Fsp3) is 0.833. The molecule has 0 amide bonds. The van der Waals surface area contributed by atoms with Gasteiger partial charge in [0.15, 0.2) is 0 Å². The predicted molar refractivity (Wildman–Crippen MR) is 50.1 cm³/mol. The van der Waals surface area contributed by atoms with Gasteiger partial charge in [0.05, 0.1) is 0 Å². The third kappa shape index (κ3) is 4.46. The molecule has 6 heteroatoms. The SMILES string of the molecule is CCC(Cl)P(=O)(O)CCC(=O)Cl. The number of halogens is 2. The summed E-state index contributed by atoms with van der Waals surface area (Å²) in [7, 11) is -3.38. The van der Waals surface area contributed by atoms with E-state index in [9.17, 15) is 14.3 Å². The van der Waals surface area contributed by atoms with E-state index in [0.717, 1.165) is 0 Å². The molecule has 0 bridgehead atoms. The first-order valence-electron chi connectivity index (χ1n) is 3.54. The van der Waals surface area contributed by atoms with E-state index in [4.69, 9.17) is 23.2 Å². The van der Waals surface area contributed by atoms with Crippen LogP contribution in [-0.2, 0) is 9.36 Å². The van der Waals surface area contributed by atoms with Crippen molar-refractivity contribution in [2.24, 2.45) is 0 Å². The first-order valence-corrected chi connectivity index (χ1v) is 6.27. The fourth-order valence-corrected chi connectivity index (χ4v) is 2.57. The van der Waals surface area contributed by atoms with Crippen molar-refractivity contribution >= 4 is 35.8 Å². The summed E-state index contributed by atoms with van der Waals surface area (Å²) in [5.41, 5.74) is 0. The van der Waals surface area contributed by atoms with Gasteiger partial charge >= 0.3 is 0 Å². The van der Waals surface area contributed by atoms with Crippen molar-refractivity contribution < 1.29 is 14.3 Å². The van der Waals surface area contributed by atoms with Gasteiger partial charge in [-0.2, -0.15) is 0 Å². The minimum atomic E-state index is -3.38. The average Bonchev–Trinajstić information content (AvgIpc) is 1.99. The molecule has 3 nitrogen and oxygen atoms in total. The van der Waals surface area contributed by atoms with Crippen molar-refractivity contribution in [3.8, 4) is 0 Å². The van der Waals surface area contributed by atoms with E-state index in [1.807, 2.05) is 0 Å². The maximum Gasteiger partial charge on any atom is 0.222 e. The van der Waals surface area contributed by atoms with Crippen molar-refractivity contribution in [2.45, 2.75) is 24.9 Å². The molecule has 0 aromatic heterocycles. The molecule has 0 spiro atoms. The standard InChI is InChI=1S/C6H11Cl2O3P/c1-2-6(8)12(10,11)4-3-5(7)9/h6H,2-4H2,1H3,(H,10,11). The molecular weight excluding hydrogens is 222 g/mol. The number of carbonyl (C=O) groups is 1. The molecule has 0 aliphatic carbocycles. The highest BCUT2D eigenvalue weighted by molar-refractivity contribution is 7.60. The Labute approximate surface area is 81.5 Å². The molecule has 0 rings (SSSR count). The summed E-state index contributed by atoms with van der Waals surface area (Å²) in [4.78, 5) is 19.5. The van der Waals surface area contributed by atoms with Gasteiger partial charge in [-0.15, -0.1) is 11.6 Å². The third-order valence-corrected chi connectivity index (χ3v) is 4.92. The Bertz CT molecular complexity index is 207. The second kappa shape index (κ2) is 5.23. The van der Waals surface area contributed by atoms with E-state index in [-0.39, 0.29) is 12.6 Å². The summed E-state index contributed by atoms with van der Waals surface area (Å²) in [6.07, 6.45) is 0.182. The summed E-state index contributed by atoms with van der Waals surface area (Å²) in [6, 6.07) is 0. The molecule has 0 fully saturated rings.